The number of nitrogens with zero attached hydrogens (tertiary/aromatic N) is 3. The van der Waals surface area contributed by atoms with Gasteiger partial charge < -0.3 is 26.2 Å². The number of aromatic nitrogens is 2. The molecule has 2 atom stereocenters. The van der Waals surface area contributed by atoms with Gasteiger partial charge in [0.25, 0.3) is 5.91 Å². The van der Waals surface area contributed by atoms with E-state index in [0.717, 1.165) is 62.5 Å². The van der Waals surface area contributed by atoms with Gasteiger partial charge in [0.1, 0.15) is 17.3 Å². The average Bonchev–Trinajstić information content (AvgIpc) is 3.59. The fraction of sp³-hybridized carbons (Fsp3) is 0.600. The molecule has 3 fully saturated rings. The number of likely N-dealkylation sites (N-methyl/N-ethyl adjacent to an activating group) is 1. The Morgan fingerprint density at radius 2 is 1.83 bits per heavy atom. The third-order valence-electron chi connectivity index (χ3n) is 9.93. The average molecular weight is 578 g/mol. The van der Waals surface area contributed by atoms with Gasteiger partial charge >= 0.3 is 6.03 Å². The van der Waals surface area contributed by atoms with Gasteiger partial charge in [-0.05, 0) is 66.9 Å². The molecule has 6 rings (SSSR count). The molecule has 4 N–H and O–H groups in total. The van der Waals surface area contributed by atoms with Crippen molar-refractivity contribution in [3.8, 4) is 0 Å². The largest absolute Gasteiger partial charge is 0.357 e. The normalized spacial score (nSPS) is 23.9. The van der Waals surface area contributed by atoms with E-state index in [-0.39, 0.29) is 34.9 Å². The minimum absolute atomic E-state index is 0.00497. The second-order valence-corrected chi connectivity index (χ2v) is 12.6. The molecule has 1 unspecified atom stereocenters. The number of benzene rings is 1. The molecule has 2 heterocycles. The Bertz CT molecular complexity index is 1400. The van der Waals surface area contributed by atoms with E-state index in [4.69, 9.17) is 0 Å². The number of rotatable bonds is 7. The lowest BCUT2D eigenvalue weighted by molar-refractivity contribution is -0.133. The van der Waals surface area contributed by atoms with Crippen molar-refractivity contribution in [3.05, 3.63) is 40.7 Å². The molecule has 1 spiro atoms. The highest BCUT2D eigenvalue weighted by molar-refractivity contribution is 6.01. The van der Waals surface area contributed by atoms with Crippen molar-refractivity contribution in [1.82, 2.24) is 31.2 Å². The van der Waals surface area contributed by atoms with Crippen molar-refractivity contribution in [1.29, 1.82) is 0 Å². The van der Waals surface area contributed by atoms with E-state index in [1.807, 2.05) is 18.2 Å². The molecule has 1 aliphatic heterocycles. The smallest absolute Gasteiger partial charge is 0.318 e. The molecule has 0 radical (unpaired) electrons. The Kier molecular flexibility index (Phi) is 7.40. The molecule has 2 saturated carbocycles. The van der Waals surface area contributed by atoms with E-state index >= 15 is 0 Å². The van der Waals surface area contributed by atoms with Gasteiger partial charge in [-0.2, -0.15) is 0 Å². The Morgan fingerprint density at radius 1 is 1.07 bits per heavy atom. The molecule has 42 heavy (non-hydrogen) atoms. The minimum Gasteiger partial charge on any atom is -0.357 e. The summed E-state index contributed by atoms with van der Waals surface area (Å²) in [7, 11) is 1.61. The molecular weight excluding hydrogens is 538 g/mol. The number of anilines is 1. The molecule has 5 amide bonds. The summed E-state index contributed by atoms with van der Waals surface area (Å²) in [5.74, 6) is -0.988. The van der Waals surface area contributed by atoms with Gasteiger partial charge in [0, 0.05) is 44.1 Å². The lowest BCUT2D eigenvalue weighted by atomic mass is 9.67. The van der Waals surface area contributed by atoms with Crippen molar-refractivity contribution in [2.75, 3.05) is 25.5 Å². The van der Waals surface area contributed by atoms with Crippen LogP contribution >= 0.6 is 0 Å². The summed E-state index contributed by atoms with van der Waals surface area (Å²) in [5.41, 5.74) is 1.90. The SMILES string of the molecule is CNC(=O)C1(N2CC3(CCC3)CNC2=O)Cc2ccc(NC(=O)[C@@H](NC(=O)c3nonc3C)C3CCCCC3)cc2C1. The quantitative estimate of drug-likeness (QED) is 0.394. The van der Waals surface area contributed by atoms with Gasteiger partial charge in [-0.25, -0.2) is 9.42 Å². The van der Waals surface area contributed by atoms with Crippen molar-refractivity contribution in [2.45, 2.75) is 82.7 Å². The summed E-state index contributed by atoms with van der Waals surface area (Å²) in [4.78, 5) is 55.0. The maximum absolute atomic E-state index is 13.7. The zero-order chi connectivity index (χ0) is 29.5. The van der Waals surface area contributed by atoms with E-state index in [0.29, 0.717) is 37.3 Å². The van der Waals surface area contributed by atoms with Gasteiger partial charge in [-0.1, -0.05) is 36.9 Å². The maximum atomic E-state index is 13.7. The third-order valence-corrected chi connectivity index (χ3v) is 9.93. The van der Waals surface area contributed by atoms with E-state index in [2.05, 4.69) is 36.2 Å². The fourth-order valence-electron chi connectivity index (χ4n) is 7.35. The zero-order valence-electron chi connectivity index (χ0n) is 24.3. The third kappa shape index (κ3) is 5.00. The maximum Gasteiger partial charge on any atom is 0.318 e. The van der Waals surface area contributed by atoms with E-state index in [1.54, 1.807) is 18.9 Å². The van der Waals surface area contributed by atoms with Crippen molar-refractivity contribution < 1.29 is 23.8 Å². The first kappa shape index (κ1) is 28.2. The van der Waals surface area contributed by atoms with Crippen LogP contribution in [0, 0.1) is 18.3 Å². The van der Waals surface area contributed by atoms with Crippen LogP contribution in [0.2, 0.25) is 0 Å². The number of carbonyl (C=O) groups excluding carboxylic acids is 4. The highest BCUT2D eigenvalue weighted by Crippen LogP contribution is 2.46. The van der Waals surface area contributed by atoms with Crippen LogP contribution in [0.5, 0.6) is 0 Å². The lowest BCUT2D eigenvalue weighted by Gasteiger charge is -2.53. The predicted molar refractivity (Wildman–Crippen MR) is 153 cm³/mol. The first-order valence-electron chi connectivity index (χ1n) is 15.0. The highest BCUT2D eigenvalue weighted by atomic mass is 16.6. The summed E-state index contributed by atoms with van der Waals surface area (Å²) in [6, 6.07) is 4.69. The van der Waals surface area contributed by atoms with Crippen LogP contribution in [-0.4, -0.2) is 70.7 Å². The van der Waals surface area contributed by atoms with Crippen LogP contribution in [0.4, 0.5) is 10.5 Å². The standard InChI is InChI=1S/C30H39N7O5/c1-18-23(36-42-35-18)25(38)34-24(19-7-4-3-5-8-19)26(39)33-22-10-9-20-14-30(27(40)31-2,15-21(20)13-22)37-17-29(11-6-12-29)16-32-28(37)41/h9-10,13,19,24H,3-8,11-12,14-17H2,1-2H3,(H,31,40)(H,32,41)(H,33,39)(H,34,38)/t24-,30?/m0/s1. The number of carbonyl (C=O) groups is 4. The van der Waals surface area contributed by atoms with E-state index in [1.165, 1.54) is 0 Å². The minimum atomic E-state index is -1.03. The molecule has 0 bridgehead atoms. The first-order valence-corrected chi connectivity index (χ1v) is 15.0. The van der Waals surface area contributed by atoms with Gasteiger partial charge in [0.05, 0.1) is 0 Å². The Morgan fingerprint density at radius 3 is 2.50 bits per heavy atom. The molecule has 1 saturated heterocycles. The molecule has 3 aliphatic carbocycles. The summed E-state index contributed by atoms with van der Waals surface area (Å²) in [6.45, 7) is 2.85. The molecule has 12 nitrogen and oxygen atoms in total. The molecule has 4 aliphatic rings. The van der Waals surface area contributed by atoms with Crippen LogP contribution in [0.25, 0.3) is 0 Å². The number of nitrogens with one attached hydrogen (secondary N) is 4. The highest BCUT2D eigenvalue weighted by Gasteiger charge is 2.55. The summed E-state index contributed by atoms with van der Waals surface area (Å²) in [6.07, 6.45) is 8.78. The number of hydrogen-bond acceptors (Lipinski definition) is 7. The summed E-state index contributed by atoms with van der Waals surface area (Å²) >= 11 is 0. The fourth-order valence-corrected chi connectivity index (χ4v) is 7.35. The second-order valence-electron chi connectivity index (χ2n) is 12.6. The molecule has 224 valence electrons. The number of amides is 5. The number of aryl methyl sites for hydroxylation is 1. The summed E-state index contributed by atoms with van der Waals surface area (Å²) in [5, 5.41) is 19.1. The van der Waals surface area contributed by atoms with Crippen LogP contribution < -0.4 is 21.3 Å². The molecule has 1 aromatic carbocycles. The topological polar surface area (TPSA) is 159 Å². The molecule has 1 aromatic heterocycles. The van der Waals surface area contributed by atoms with Crippen molar-refractivity contribution in [2.24, 2.45) is 11.3 Å². The van der Waals surface area contributed by atoms with E-state index in [9.17, 15) is 19.2 Å². The Balaban J connectivity index is 1.22. The second kappa shape index (κ2) is 11.0. The first-order chi connectivity index (χ1) is 20.2. The van der Waals surface area contributed by atoms with Crippen molar-refractivity contribution in [3.63, 3.8) is 0 Å². The van der Waals surface area contributed by atoms with Crippen molar-refractivity contribution >= 4 is 29.4 Å². The Labute approximate surface area is 244 Å². The number of urea groups is 1. The predicted octanol–water partition coefficient (Wildman–Crippen LogP) is 2.47. The zero-order valence-corrected chi connectivity index (χ0v) is 24.3. The molecule has 2 aromatic rings. The van der Waals surface area contributed by atoms with Crippen LogP contribution in [0.1, 0.15) is 78.7 Å². The van der Waals surface area contributed by atoms with Crippen LogP contribution in [-0.2, 0) is 22.4 Å². The van der Waals surface area contributed by atoms with Gasteiger partial charge in [-0.3, -0.25) is 14.4 Å². The Hall–Kier alpha value is -3.96. The monoisotopic (exact) mass is 577 g/mol. The molecular formula is C30H39N7O5. The summed E-state index contributed by atoms with van der Waals surface area (Å²) < 4.78 is 4.69. The van der Waals surface area contributed by atoms with Gasteiger partial charge in [0.2, 0.25) is 11.8 Å². The molecule has 12 heteroatoms. The van der Waals surface area contributed by atoms with Gasteiger partial charge in [-0.15, -0.1) is 0 Å². The van der Waals surface area contributed by atoms with Crippen LogP contribution in [0.15, 0.2) is 22.8 Å². The number of hydrogen-bond donors (Lipinski definition) is 4. The number of fused-ring (bicyclic) bond motifs is 1. The lowest BCUT2D eigenvalue weighted by Crippen LogP contribution is -2.70. The van der Waals surface area contributed by atoms with Gasteiger partial charge in [0.15, 0.2) is 5.69 Å². The van der Waals surface area contributed by atoms with Crippen LogP contribution in [0.3, 0.4) is 0 Å². The van der Waals surface area contributed by atoms with E-state index < -0.39 is 17.5 Å².